The highest BCUT2D eigenvalue weighted by Crippen LogP contribution is 2.17. The summed E-state index contributed by atoms with van der Waals surface area (Å²) in [5, 5.41) is 6.29. The summed E-state index contributed by atoms with van der Waals surface area (Å²) in [6.07, 6.45) is 1.93. The van der Waals surface area contributed by atoms with Crippen molar-refractivity contribution in [1.29, 1.82) is 0 Å². The molecule has 0 spiro atoms. The van der Waals surface area contributed by atoms with Crippen molar-refractivity contribution < 1.29 is 4.79 Å². The Kier molecular flexibility index (Phi) is 4.40. The molecule has 0 aromatic heterocycles. The number of hydrogen-bond acceptors (Lipinski definition) is 3. The molecule has 2 heterocycles. The van der Waals surface area contributed by atoms with Gasteiger partial charge in [0.2, 0.25) is 5.91 Å². The van der Waals surface area contributed by atoms with Gasteiger partial charge in [-0.05, 0) is 51.7 Å². The highest BCUT2D eigenvalue weighted by Gasteiger charge is 2.25. The molecular formula is C13H25N3O. The Morgan fingerprint density at radius 1 is 1.41 bits per heavy atom. The standard InChI is InChI=1S/C13H25N3O/c1-10(2)16-4-3-11(9-16)8-15-13(17)5-12-6-14-7-12/h10-12,14H,3-9H2,1-2H3,(H,15,17). The summed E-state index contributed by atoms with van der Waals surface area (Å²) in [7, 11) is 0. The molecule has 2 saturated heterocycles. The van der Waals surface area contributed by atoms with E-state index >= 15 is 0 Å². The zero-order valence-corrected chi connectivity index (χ0v) is 11.0. The fourth-order valence-electron chi connectivity index (χ4n) is 2.58. The first-order valence-electron chi connectivity index (χ1n) is 6.86. The molecule has 0 aromatic rings. The van der Waals surface area contributed by atoms with Gasteiger partial charge in [0.1, 0.15) is 0 Å². The van der Waals surface area contributed by atoms with E-state index < -0.39 is 0 Å². The minimum Gasteiger partial charge on any atom is -0.356 e. The van der Waals surface area contributed by atoms with Crippen LogP contribution in [0.3, 0.4) is 0 Å². The van der Waals surface area contributed by atoms with Crippen LogP contribution in [0.2, 0.25) is 0 Å². The molecule has 4 heteroatoms. The van der Waals surface area contributed by atoms with Crippen LogP contribution in [0.4, 0.5) is 0 Å². The lowest BCUT2D eigenvalue weighted by atomic mass is 9.99. The summed E-state index contributed by atoms with van der Waals surface area (Å²) in [5.41, 5.74) is 0. The van der Waals surface area contributed by atoms with Crippen LogP contribution in [0.15, 0.2) is 0 Å². The molecule has 0 aliphatic carbocycles. The number of nitrogens with zero attached hydrogens (tertiary/aromatic N) is 1. The van der Waals surface area contributed by atoms with Gasteiger partial charge in [0.15, 0.2) is 0 Å². The van der Waals surface area contributed by atoms with Crippen molar-refractivity contribution in [2.75, 3.05) is 32.7 Å². The quantitative estimate of drug-likeness (QED) is 0.732. The van der Waals surface area contributed by atoms with Crippen molar-refractivity contribution in [3.8, 4) is 0 Å². The van der Waals surface area contributed by atoms with Crippen molar-refractivity contribution in [2.45, 2.75) is 32.7 Å². The summed E-state index contributed by atoms with van der Waals surface area (Å²) in [4.78, 5) is 14.2. The average Bonchev–Trinajstić information content (AvgIpc) is 2.69. The fraction of sp³-hybridized carbons (Fsp3) is 0.923. The Labute approximate surface area is 104 Å². The van der Waals surface area contributed by atoms with Crippen LogP contribution >= 0.6 is 0 Å². The first kappa shape index (κ1) is 12.8. The van der Waals surface area contributed by atoms with Crippen LogP contribution in [-0.4, -0.2) is 49.6 Å². The Morgan fingerprint density at radius 2 is 2.18 bits per heavy atom. The first-order chi connectivity index (χ1) is 8.15. The molecule has 2 rings (SSSR count). The maximum atomic E-state index is 11.7. The van der Waals surface area contributed by atoms with Gasteiger partial charge in [0.05, 0.1) is 0 Å². The van der Waals surface area contributed by atoms with Crippen LogP contribution in [0.25, 0.3) is 0 Å². The zero-order valence-electron chi connectivity index (χ0n) is 11.0. The van der Waals surface area contributed by atoms with E-state index in [0.29, 0.717) is 24.3 Å². The van der Waals surface area contributed by atoms with Gasteiger partial charge in [-0.1, -0.05) is 0 Å². The third-order valence-electron chi connectivity index (χ3n) is 3.98. The van der Waals surface area contributed by atoms with Gasteiger partial charge < -0.3 is 15.5 Å². The van der Waals surface area contributed by atoms with Gasteiger partial charge in [0.25, 0.3) is 0 Å². The second-order valence-corrected chi connectivity index (χ2v) is 5.78. The highest BCUT2D eigenvalue weighted by molar-refractivity contribution is 5.76. The van der Waals surface area contributed by atoms with E-state index in [1.54, 1.807) is 0 Å². The Hall–Kier alpha value is -0.610. The maximum Gasteiger partial charge on any atom is 0.220 e. The molecule has 0 radical (unpaired) electrons. The summed E-state index contributed by atoms with van der Waals surface area (Å²) < 4.78 is 0. The van der Waals surface area contributed by atoms with E-state index in [0.717, 1.165) is 26.2 Å². The molecular weight excluding hydrogens is 214 g/mol. The number of nitrogens with one attached hydrogen (secondary N) is 2. The summed E-state index contributed by atoms with van der Waals surface area (Å²) in [5.74, 6) is 1.46. The number of likely N-dealkylation sites (tertiary alicyclic amines) is 1. The molecule has 0 bridgehead atoms. The Morgan fingerprint density at radius 3 is 2.71 bits per heavy atom. The fourth-order valence-corrected chi connectivity index (χ4v) is 2.58. The van der Waals surface area contributed by atoms with Crippen molar-refractivity contribution in [3.63, 3.8) is 0 Å². The number of carbonyl (C=O) groups excluding carboxylic acids is 1. The van der Waals surface area contributed by atoms with E-state index in [-0.39, 0.29) is 5.91 Å². The SMILES string of the molecule is CC(C)N1CCC(CNC(=O)CC2CNC2)C1. The predicted octanol–water partition coefficient (Wildman–Crippen LogP) is 0.442. The van der Waals surface area contributed by atoms with E-state index in [1.807, 2.05) is 0 Å². The number of amides is 1. The normalized spacial score (nSPS) is 26.2. The van der Waals surface area contributed by atoms with E-state index in [4.69, 9.17) is 0 Å². The van der Waals surface area contributed by atoms with Crippen LogP contribution in [0.5, 0.6) is 0 Å². The molecule has 4 nitrogen and oxygen atoms in total. The lowest BCUT2D eigenvalue weighted by molar-refractivity contribution is -0.122. The average molecular weight is 239 g/mol. The smallest absolute Gasteiger partial charge is 0.220 e. The van der Waals surface area contributed by atoms with Gasteiger partial charge in [-0.15, -0.1) is 0 Å². The van der Waals surface area contributed by atoms with Crippen molar-refractivity contribution in [1.82, 2.24) is 15.5 Å². The third-order valence-corrected chi connectivity index (χ3v) is 3.98. The number of carbonyl (C=O) groups is 1. The number of rotatable bonds is 5. The summed E-state index contributed by atoms with van der Waals surface area (Å²) in [6, 6.07) is 0.636. The highest BCUT2D eigenvalue weighted by atomic mass is 16.1. The van der Waals surface area contributed by atoms with Crippen molar-refractivity contribution in [3.05, 3.63) is 0 Å². The van der Waals surface area contributed by atoms with Crippen LogP contribution in [0.1, 0.15) is 26.7 Å². The van der Waals surface area contributed by atoms with Gasteiger partial charge in [0, 0.05) is 25.6 Å². The maximum absolute atomic E-state index is 11.7. The molecule has 98 valence electrons. The number of hydrogen-bond donors (Lipinski definition) is 2. The van der Waals surface area contributed by atoms with Gasteiger partial charge in [-0.3, -0.25) is 4.79 Å². The first-order valence-corrected chi connectivity index (χ1v) is 6.86. The van der Waals surface area contributed by atoms with Crippen molar-refractivity contribution in [2.24, 2.45) is 11.8 Å². The second-order valence-electron chi connectivity index (χ2n) is 5.78. The van der Waals surface area contributed by atoms with E-state index in [1.165, 1.54) is 13.0 Å². The molecule has 2 aliphatic heterocycles. The molecule has 2 aliphatic rings. The minimum atomic E-state index is 0.236. The van der Waals surface area contributed by atoms with E-state index in [2.05, 4.69) is 29.4 Å². The van der Waals surface area contributed by atoms with Crippen LogP contribution < -0.4 is 10.6 Å². The minimum absolute atomic E-state index is 0.236. The molecule has 2 fully saturated rings. The topological polar surface area (TPSA) is 44.4 Å². The largest absolute Gasteiger partial charge is 0.356 e. The monoisotopic (exact) mass is 239 g/mol. The van der Waals surface area contributed by atoms with E-state index in [9.17, 15) is 4.79 Å². The van der Waals surface area contributed by atoms with Gasteiger partial charge >= 0.3 is 0 Å². The third kappa shape index (κ3) is 3.68. The lowest BCUT2D eigenvalue weighted by Gasteiger charge is -2.26. The molecule has 1 amide bonds. The molecule has 1 unspecified atom stereocenters. The second kappa shape index (κ2) is 5.83. The summed E-state index contributed by atoms with van der Waals surface area (Å²) >= 11 is 0. The predicted molar refractivity (Wildman–Crippen MR) is 68.8 cm³/mol. The summed E-state index contributed by atoms with van der Waals surface area (Å²) in [6.45, 7) is 9.70. The molecule has 1 atom stereocenters. The van der Waals surface area contributed by atoms with Gasteiger partial charge in [-0.2, -0.15) is 0 Å². The zero-order chi connectivity index (χ0) is 12.3. The van der Waals surface area contributed by atoms with Crippen LogP contribution in [-0.2, 0) is 4.79 Å². The molecule has 17 heavy (non-hydrogen) atoms. The molecule has 0 saturated carbocycles. The Bertz CT molecular complexity index is 263. The lowest BCUT2D eigenvalue weighted by Crippen LogP contribution is -2.45. The molecule has 0 aromatic carbocycles. The van der Waals surface area contributed by atoms with Crippen molar-refractivity contribution >= 4 is 5.91 Å². The van der Waals surface area contributed by atoms with Crippen LogP contribution in [0, 0.1) is 11.8 Å². The molecule has 2 N–H and O–H groups in total. The Balaban J connectivity index is 1.60. The van der Waals surface area contributed by atoms with Gasteiger partial charge in [-0.25, -0.2) is 0 Å².